The highest BCUT2D eigenvalue weighted by molar-refractivity contribution is 9.10. The second-order valence-corrected chi connectivity index (χ2v) is 12.5. The van der Waals surface area contributed by atoms with Gasteiger partial charge in [-0.3, -0.25) is 4.79 Å². The van der Waals surface area contributed by atoms with E-state index < -0.39 is 6.04 Å². The maximum absolute atomic E-state index is 13.9. The lowest BCUT2D eigenvalue weighted by molar-refractivity contribution is -0.113. The molecule has 2 heterocycles. The summed E-state index contributed by atoms with van der Waals surface area (Å²) in [7, 11) is 1.61. The van der Waals surface area contributed by atoms with Gasteiger partial charge in [0.15, 0.2) is 11.5 Å². The molecule has 0 fully saturated rings. The number of anilines is 2. The molecule has 0 bridgehead atoms. The van der Waals surface area contributed by atoms with Gasteiger partial charge in [-0.05, 0) is 84.1 Å². The minimum absolute atomic E-state index is 0.225. The predicted octanol–water partition coefficient (Wildman–Crippen LogP) is 8.06. The number of thioether (sulfide) groups is 1. The molecule has 1 aliphatic rings. The Morgan fingerprint density at radius 3 is 2.60 bits per heavy atom. The number of unbranched alkanes of at least 4 members (excludes halogenated alkanes) is 1. The van der Waals surface area contributed by atoms with Crippen LogP contribution in [0.1, 0.15) is 55.0 Å². The zero-order chi connectivity index (χ0) is 30.5. The van der Waals surface area contributed by atoms with Gasteiger partial charge in [-0.2, -0.15) is 4.98 Å². The number of aromatic nitrogens is 3. The second-order valence-electron chi connectivity index (χ2n) is 10.6. The topological polar surface area (TPSA) is 90.3 Å². The van der Waals surface area contributed by atoms with Gasteiger partial charge in [-0.1, -0.05) is 67.1 Å². The Morgan fingerprint density at radius 1 is 1.09 bits per heavy atom. The van der Waals surface area contributed by atoms with E-state index >= 15 is 0 Å². The van der Waals surface area contributed by atoms with Crippen LogP contribution < -0.4 is 20.1 Å². The number of amides is 1. The summed E-state index contributed by atoms with van der Waals surface area (Å²) in [6.45, 7) is 8.50. The zero-order valence-corrected chi connectivity index (χ0v) is 27.4. The van der Waals surface area contributed by atoms with Gasteiger partial charge >= 0.3 is 0 Å². The number of halogens is 1. The molecule has 0 saturated carbocycles. The number of ether oxygens (including phenoxy) is 2. The summed E-state index contributed by atoms with van der Waals surface area (Å²) in [6.07, 6.45) is 2.17. The smallest absolute Gasteiger partial charge is 0.255 e. The van der Waals surface area contributed by atoms with Crippen LogP contribution in [0.25, 0.3) is 0 Å². The van der Waals surface area contributed by atoms with Crippen LogP contribution in [-0.2, 0) is 11.4 Å². The van der Waals surface area contributed by atoms with Crippen molar-refractivity contribution in [2.45, 2.75) is 58.3 Å². The lowest BCUT2D eigenvalue weighted by atomic mass is 9.94. The van der Waals surface area contributed by atoms with E-state index in [-0.39, 0.29) is 5.91 Å². The number of carbonyl (C=O) groups excluding carboxylic acids is 1. The lowest BCUT2D eigenvalue weighted by Gasteiger charge is -2.29. The number of carbonyl (C=O) groups is 1. The third-order valence-electron chi connectivity index (χ3n) is 7.15. The lowest BCUT2D eigenvalue weighted by Crippen LogP contribution is -2.31. The molecule has 8 nitrogen and oxygen atoms in total. The Balaban J connectivity index is 1.53. The fraction of sp³-hybridized carbons (Fsp3) is 0.303. The number of aryl methyl sites for hydroxylation is 2. The molecule has 0 aliphatic carbocycles. The number of hydrogen-bond acceptors (Lipinski definition) is 7. The molecule has 1 aromatic heterocycles. The maximum atomic E-state index is 13.9. The summed E-state index contributed by atoms with van der Waals surface area (Å²) >= 11 is 5.34. The van der Waals surface area contributed by atoms with Gasteiger partial charge < -0.3 is 20.1 Å². The van der Waals surface area contributed by atoms with Crippen molar-refractivity contribution in [1.82, 2.24) is 14.8 Å². The number of allylic oxidation sites excluding steroid dienone is 1. The van der Waals surface area contributed by atoms with Crippen molar-refractivity contribution in [1.29, 1.82) is 0 Å². The molecule has 1 amide bonds. The van der Waals surface area contributed by atoms with E-state index in [1.54, 1.807) is 23.6 Å². The number of rotatable bonds is 11. The highest BCUT2D eigenvalue weighted by atomic mass is 79.9. The van der Waals surface area contributed by atoms with E-state index in [9.17, 15) is 4.79 Å². The first kappa shape index (κ1) is 30.7. The second kappa shape index (κ2) is 13.7. The minimum atomic E-state index is -0.564. The van der Waals surface area contributed by atoms with Crippen LogP contribution in [-0.4, -0.2) is 33.5 Å². The molecule has 1 aliphatic heterocycles. The van der Waals surface area contributed by atoms with Gasteiger partial charge in [0.25, 0.3) is 5.91 Å². The van der Waals surface area contributed by atoms with Crippen LogP contribution in [0.5, 0.6) is 11.5 Å². The minimum Gasteiger partial charge on any atom is -0.493 e. The molecule has 1 atom stereocenters. The zero-order valence-electron chi connectivity index (χ0n) is 25.0. The van der Waals surface area contributed by atoms with Crippen LogP contribution in [0, 0.1) is 13.8 Å². The standard InChI is InChI=1S/C33H36BrN5O3S/c1-6-7-15-43-33-37-32-35-22(4)28(31(40)36-25-10-8-9-21(3)16-25)29(39(32)38-33)24-17-26(34)30(27(18-24)41-5)42-19-23-13-11-20(2)12-14-23/h8-14,16-18,29H,6-7,15,19H2,1-5H3,(H,36,40)(H,35,37,38). The van der Waals surface area contributed by atoms with E-state index in [0.29, 0.717) is 45.0 Å². The number of fused-ring (bicyclic) bond motifs is 1. The number of methoxy groups -OCH3 is 1. The Kier molecular flexibility index (Phi) is 9.77. The maximum Gasteiger partial charge on any atom is 0.255 e. The Bertz CT molecular complexity index is 1650. The fourth-order valence-electron chi connectivity index (χ4n) is 4.90. The van der Waals surface area contributed by atoms with Crippen molar-refractivity contribution >= 4 is 45.2 Å². The molecule has 1 unspecified atom stereocenters. The Morgan fingerprint density at radius 2 is 1.88 bits per heavy atom. The number of nitrogens with one attached hydrogen (secondary N) is 2. The molecule has 0 saturated heterocycles. The van der Waals surface area contributed by atoms with E-state index in [1.807, 2.05) is 62.4 Å². The highest BCUT2D eigenvalue weighted by Crippen LogP contribution is 2.43. The fourth-order valence-corrected chi connectivity index (χ4v) is 6.39. The molecule has 2 N–H and O–H groups in total. The summed E-state index contributed by atoms with van der Waals surface area (Å²) in [6, 6.07) is 19.3. The van der Waals surface area contributed by atoms with Crippen LogP contribution in [0.2, 0.25) is 0 Å². The van der Waals surface area contributed by atoms with E-state index in [4.69, 9.17) is 19.6 Å². The van der Waals surface area contributed by atoms with Gasteiger partial charge in [0.05, 0.1) is 17.2 Å². The summed E-state index contributed by atoms with van der Waals surface area (Å²) in [5.74, 6) is 2.41. The Labute approximate surface area is 265 Å². The van der Waals surface area contributed by atoms with Crippen LogP contribution in [0.4, 0.5) is 11.6 Å². The summed E-state index contributed by atoms with van der Waals surface area (Å²) in [4.78, 5) is 18.7. The van der Waals surface area contributed by atoms with Crippen molar-refractivity contribution in [3.63, 3.8) is 0 Å². The molecule has 0 radical (unpaired) electrons. The van der Waals surface area contributed by atoms with Crippen LogP contribution >= 0.6 is 27.7 Å². The molecule has 224 valence electrons. The molecular formula is C33H36BrN5O3S. The number of hydrogen-bond donors (Lipinski definition) is 2. The SMILES string of the molecule is CCCCSc1nc2n(n1)C(c1cc(Br)c(OCc3ccc(C)cc3)c(OC)c1)C(C(=O)Nc1cccc(C)c1)=C(C)N2. The van der Waals surface area contributed by atoms with Gasteiger partial charge in [0.1, 0.15) is 12.6 Å². The number of nitrogens with zero attached hydrogens (tertiary/aromatic N) is 3. The van der Waals surface area contributed by atoms with Crippen LogP contribution in [0.3, 0.4) is 0 Å². The third kappa shape index (κ3) is 7.08. The summed E-state index contributed by atoms with van der Waals surface area (Å²) in [5.41, 5.74) is 6.07. The predicted molar refractivity (Wildman–Crippen MR) is 176 cm³/mol. The van der Waals surface area contributed by atoms with Crippen molar-refractivity contribution in [3.8, 4) is 11.5 Å². The first-order valence-corrected chi connectivity index (χ1v) is 16.1. The van der Waals surface area contributed by atoms with Gasteiger partial charge in [-0.15, -0.1) is 5.10 Å². The van der Waals surface area contributed by atoms with E-state index in [0.717, 1.165) is 41.0 Å². The Hall–Kier alpha value is -3.76. The summed E-state index contributed by atoms with van der Waals surface area (Å²) < 4.78 is 14.5. The summed E-state index contributed by atoms with van der Waals surface area (Å²) in [5, 5.41) is 11.9. The molecule has 10 heteroatoms. The van der Waals surface area contributed by atoms with Crippen LogP contribution in [0.15, 0.2) is 81.6 Å². The van der Waals surface area contributed by atoms with Gasteiger partial charge in [0, 0.05) is 17.1 Å². The van der Waals surface area contributed by atoms with Crippen molar-refractivity contribution in [2.75, 3.05) is 23.5 Å². The first-order valence-electron chi connectivity index (χ1n) is 14.3. The highest BCUT2D eigenvalue weighted by Gasteiger charge is 2.35. The molecule has 5 rings (SSSR count). The molecule has 0 spiro atoms. The van der Waals surface area contributed by atoms with Crippen molar-refractivity contribution in [2.24, 2.45) is 0 Å². The third-order valence-corrected chi connectivity index (χ3v) is 8.67. The van der Waals surface area contributed by atoms with E-state index in [2.05, 4.69) is 52.5 Å². The average Bonchev–Trinajstić information content (AvgIpc) is 3.38. The van der Waals surface area contributed by atoms with Crippen molar-refractivity contribution < 1.29 is 14.3 Å². The average molecular weight is 663 g/mol. The number of benzene rings is 3. The van der Waals surface area contributed by atoms with E-state index in [1.165, 1.54) is 5.56 Å². The molecule has 3 aromatic carbocycles. The van der Waals surface area contributed by atoms with Gasteiger partial charge in [0.2, 0.25) is 11.1 Å². The van der Waals surface area contributed by atoms with Crippen molar-refractivity contribution in [3.05, 3.63) is 98.7 Å². The normalized spacial score (nSPS) is 14.2. The molecular weight excluding hydrogens is 626 g/mol. The quantitative estimate of drug-likeness (QED) is 0.124. The molecule has 43 heavy (non-hydrogen) atoms. The largest absolute Gasteiger partial charge is 0.493 e. The molecule has 4 aromatic rings. The van der Waals surface area contributed by atoms with Gasteiger partial charge in [-0.25, -0.2) is 4.68 Å². The first-order chi connectivity index (χ1) is 20.8. The monoisotopic (exact) mass is 661 g/mol.